The van der Waals surface area contributed by atoms with Gasteiger partial charge in [-0.05, 0) is 36.2 Å². The van der Waals surface area contributed by atoms with E-state index in [9.17, 15) is 13.2 Å². The molecular weight excluding hydrogens is 424 g/mol. The second-order valence-electron chi connectivity index (χ2n) is 7.02. The van der Waals surface area contributed by atoms with E-state index >= 15 is 0 Å². The summed E-state index contributed by atoms with van der Waals surface area (Å²) >= 11 is 0.997. The van der Waals surface area contributed by atoms with Gasteiger partial charge in [0.2, 0.25) is 15.9 Å². The van der Waals surface area contributed by atoms with Gasteiger partial charge in [0.25, 0.3) is 0 Å². The Labute approximate surface area is 179 Å². The zero-order chi connectivity index (χ0) is 21.1. The van der Waals surface area contributed by atoms with Crippen LogP contribution < -0.4 is 4.74 Å². The summed E-state index contributed by atoms with van der Waals surface area (Å²) in [5.41, 5.74) is 2.05. The number of fused-ring (bicyclic) bond motifs is 1. The summed E-state index contributed by atoms with van der Waals surface area (Å²) in [4.78, 5) is 14.5. The third kappa shape index (κ3) is 4.16. The van der Waals surface area contributed by atoms with Gasteiger partial charge in [-0.15, -0.1) is 0 Å². The zero-order valence-electron chi connectivity index (χ0n) is 16.5. The van der Waals surface area contributed by atoms with E-state index in [0.717, 1.165) is 23.0 Å². The van der Waals surface area contributed by atoms with Crippen LogP contribution in [0.2, 0.25) is 0 Å². The summed E-state index contributed by atoms with van der Waals surface area (Å²) in [5, 5.41) is 0. The average molecular weight is 447 g/mol. The fourth-order valence-electron chi connectivity index (χ4n) is 3.51. The number of aromatic nitrogens is 2. The molecule has 1 fully saturated rings. The number of amides is 1. The Bertz CT molecular complexity index is 1140. The Kier molecular flexibility index (Phi) is 5.98. The lowest BCUT2D eigenvalue weighted by Gasteiger charge is -2.34. The SMILES string of the molecule is COc1ccc(CCC(=O)N2CCN(S(=O)(=O)c3cccc4nsnc34)CC2)cc1. The fraction of sp³-hybridized carbons (Fsp3) is 0.350. The number of benzene rings is 2. The number of ether oxygens (including phenoxy) is 1. The van der Waals surface area contributed by atoms with E-state index in [4.69, 9.17) is 4.74 Å². The monoisotopic (exact) mass is 446 g/mol. The molecule has 3 aromatic rings. The Morgan fingerprint density at radius 2 is 1.80 bits per heavy atom. The van der Waals surface area contributed by atoms with Crippen LogP contribution in [0.3, 0.4) is 0 Å². The van der Waals surface area contributed by atoms with E-state index in [2.05, 4.69) is 8.75 Å². The van der Waals surface area contributed by atoms with Crippen LogP contribution in [-0.2, 0) is 21.2 Å². The molecule has 2 heterocycles. The van der Waals surface area contributed by atoms with Gasteiger partial charge in [0.05, 0.1) is 18.8 Å². The summed E-state index contributed by atoms with van der Waals surface area (Å²) in [6.45, 7) is 1.30. The molecule has 0 aliphatic carbocycles. The summed E-state index contributed by atoms with van der Waals surface area (Å²) < 4.78 is 41.0. The first-order chi connectivity index (χ1) is 14.5. The molecule has 2 aromatic carbocycles. The van der Waals surface area contributed by atoms with Gasteiger partial charge in [-0.1, -0.05) is 18.2 Å². The highest BCUT2D eigenvalue weighted by atomic mass is 32.2. The number of methoxy groups -OCH3 is 1. The molecule has 1 amide bonds. The summed E-state index contributed by atoms with van der Waals surface area (Å²) in [7, 11) is -2.06. The highest BCUT2D eigenvalue weighted by molar-refractivity contribution is 7.89. The second kappa shape index (κ2) is 8.66. The molecule has 30 heavy (non-hydrogen) atoms. The van der Waals surface area contributed by atoms with Crippen LogP contribution in [0.15, 0.2) is 47.4 Å². The van der Waals surface area contributed by atoms with Crippen LogP contribution in [0.5, 0.6) is 5.75 Å². The Balaban J connectivity index is 1.36. The number of carbonyl (C=O) groups excluding carboxylic acids is 1. The van der Waals surface area contributed by atoms with Crippen LogP contribution in [-0.4, -0.2) is 65.6 Å². The third-order valence-corrected chi connectivity index (χ3v) is 7.72. The van der Waals surface area contributed by atoms with Crippen LogP contribution >= 0.6 is 11.7 Å². The van der Waals surface area contributed by atoms with Crippen molar-refractivity contribution in [1.82, 2.24) is 18.0 Å². The van der Waals surface area contributed by atoms with Crippen LogP contribution in [0.1, 0.15) is 12.0 Å². The van der Waals surface area contributed by atoms with Gasteiger partial charge in [0.1, 0.15) is 21.7 Å². The number of rotatable bonds is 6. The minimum atomic E-state index is -3.68. The minimum Gasteiger partial charge on any atom is -0.497 e. The maximum atomic E-state index is 13.1. The predicted molar refractivity (Wildman–Crippen MR) is 114 cm³/mol. The first kappa shape index (κ1) is 20.7. The molecule has 0 saturated carbocycles. The topological polar surface area (TPSA) is 92.7 Å². The van der Waals surface area contributed by atoms with E-state index in [1.165, 1.54) is 4.31 Å². The third-order valence-electron chi connectivity index (χ3n) is 5.24. The quantitative estimate of drug-likeness (QED) is 0.576. The van der Waals surface area contributed by atoms with Gasteiger partial charge in [-0.25, -0.2) is 8.42 Å². The average Bonchev–Trinajstić information content (AvgIpc) is 3.26. The number of hydrogen-bond donors (Lipinski definition) is 0. The first-order valence-corrected chi connectivity index (χ1v) is 11.8. The maximum Gasteiger partial charge on any atom is 0.245 e. The largest absolute Gasteiger partial charge is 0.497 e. The van der Waals surface area contributed by atoms with Gasteiger partial charge in [-0.3, -0.25) is 4.79 Å². The minimum absolute atomic E-state index is 0.0358. The molecule has 158 valence electrons. The van der Waals surface area contributed by atoms with Gasteiger partial charge in [-0.2, -0.15) is 13.1 Å². The van der Waals surface area contributed by atoms with Gasteiger partial charge in [0.15, 0.2) is 0 Å². The predicted octanol–water partition coefficient (Wildman–Crippen LogP) is 2.17. The van der Waals surface area contributed by atoms with Crippen molar-refractivity contribution in [2.45, 2.75) is 17.7 Å². The Hall–Kier alpha value is -2.56. The smallest absolute Gasteiger partial charge is 0.245 e. The van der Waals surface area contributed by atoms with Gasteiger partial charge < -0.3 is 9.64 Å². The van der Waals surface area contributed by atoms with Crippen molar-refractivity contribution in [3.8, 4) is 5.75 Å². The normalized spacial score (nSPS) is 15.4. The van der Waals surface area contributed by atoms with E-state index in [1.54, 1.807) is 30.2 Å². The van der Waals surface area contributed by atoms with E-state index < -0.39 is 10.0 Å². The molecule has 8 nitrogen and oxygen atoms in total. The lowest BCUT2D eigenvalue weighted by atomic mass is 10.1. The van der Waals surface area contributed by atoms with Crippen molar-refractivity contribution < 1.29 is 17.9 Å². The number of piperazine rings is 1. The lowest BCUT2D eigenvalue weighted by Crippen LogP contribution is -2.50. The molecule has 4 rings (SSSR count). The maximum absolute atomic E-state index is 13.1. The molecular formula is C20H22N4O4S2. The molecule has 1 aromatic heterocycles. The Morgan fingerprint density at radius 1 is 1.07 bits per heavy atom. The lowest BCUT2D eigenvalue weighted by molar-refractivity contribution is -0.132. The molecule has 1 aliphatic rings. The molecule has 0 spiro atoms. The van der Waals surface area contributed by atoms with Gasteiger partial charge >= 0.3 is 0 Å². The number of carbonyl (C=O) groups is 1. The van der Waals surface area contributed by atoms with Crippen molar-refractivity contribution in [3.05, 3.63) is 48.0 Å². The number of aryl methyl sites for hydroxylation is 1. The molecule has 1 aliphatic heterocycles. The van der Waals surface area contributed by atoms with Crippen molar-refractivity contribution in [2.75, 3.05) is 33.3 Å². The molecule has 0 bridgehead atoms. The summed E-state index contributed by atoms with van der Waals surface area (Å²) in [5.74, 6) is 0.820. The summed E-state index contributed by atoms with van der Waals surface area (Å²) in [6, 6.07) is 12.6. The summed E-state index contributed by atoms with van der Waals surface area (Å²) in [6.07, 6.45) is 1.03. The standard InChI is InChI=1S/C20H22N4O4S2/c1-28-16-8-5-15(6-9-16)7-10-19(25)23-11-13-24(14-12-23)30(26,27)18-4-2-3-17-20(18)22-29-21-17/h2-6,8-9H,7,10-14H2,1H3. The molecule has 1 saturated heterocycles. The number of nitrogens with zero attached hydrogens (tertiary/aromatic N) is 4. The fourth-order valence-corrected chi connectivity index (χ4v) is 5.68. The number of hydrogen-bond acceptors (Lipinski definition) is 7. The molecule has 0 N–H and O–H groups in total. The molecule has 0 atom stereocenters. The second-order valence-corrected chi connectivity index (χ2v) is 9.46. The number of sulfonamides is 1. The van der Waals surface area contributed by atoms with Crippen LogP contribution in [0.25, 0.3) is 11.0 Å². The highest BCUT2D eigenvalue weighted by Gasteiger charge is 2.31. The van der Waals surface area contributed by atoms with Crippen molar-refractivity contribution in [2.24, 2.45) is 0 Å². The van der Waals surface area contributed by atoms with Crippen LogP contribution in [0.4, 0.5) is 0 Å². The zero-order valence-corrected chi connectivity index (χ0v) is 18.2. The van der Waals surface area contributed by atoms with E-state index in [0.29, 0.717) is 37.0 Å². The van der Waals surface area contributed by atoms with Crippen molar-refractivity contribution >= 4 is 38.7 Å². The van der Waals surface area contributed by atoms with E-state index in [-0.39, 0.29) is 23.9 Å². The molecule has 0 radical (unpaired) electrons. The first-order valence-electron chi connectivity index (χ1n) is 9.61. The Morgan fingerprint density at radius 3 is 2.50 bits per heavy atom. The van der Waals surface area contributed by atoms with E-state index in [1.807, 2.05) is 24.3 Å². The van der Waals surface area contributed by atoms with Crippen LogP contribution in [0, 0.1) is 0 Å². The molecule has 0 unspecified atom stereocenters. The van der Waals surface area contributed by atoms with Crippen molar-refractivity contribution in [1.29, 1.82) is 0 Å². The molecule has 10 heteroatoms. The highest BCUT2D eigenvalue weighted by Crippen LogP contribution is 2.25. The van der Waals surface area contributed by atoms with Gasteiger partial charge in [0, 0.05) is 32.6 Å². The van der Waals surface area contributed by atoms with Crippen molar-refractivity contribution in [3.63, 3.8) is 0 Å².